The Morgan fingerprint density at radius 2 is 1.73 bits per heavy atom. The summed E-state index contributed by atoms with van der Waals surface area (Å²) in [5.41, 5.74) is 2.19. The monoisotopic (exact) mass is 354 g/mol. The maximum Gasteiger partial charge on any atom is 0.336 e. The average molecular weight is 354 g/mol. The third-order valence-corrected chi connectivity index (χ3v) is 4.96. The number of aryl methyl sites for hydroxylation is 1. The second kappa shape index (κ2) is 6.57. The molecule has 26 heavy (non-hydrogen) atoms. The van der Waals surface area contributed by atoms with Crippen LogP contribution in [0.15, 0.2) is 36.4 Å². The molecule has 0 heterocycles. The predicted octanol–water partition coefficient (Wildman–Crippen LogP) is 4.23. The molecule has 3 rings (SSSR count). The first-order valence-electron chi connectivity index (χ1n) is 8.51. The zero-order valence-electron chi connectivity index (χ0n) is 15.1. The lowest BCUT2D eigenvalue weighted by Gasteiger charge is -2.28. The maximum atomic E-state index is 12.0. The fourth-order valence-electron chi connectivity index (χ4n) is 3.88. The molecule has 5 heteroatoms. The van der Waals surface area contributed by atoms with Crippen LogP contribution in [-0.4, -0.2) is 22.2 Å². The van der Waals surface area contributed by atoms with Gasteiger partial charge in [0.25, 0.3) is 0 Å². The van der Waals surface area contributed by atoms with Gasteiger partial charge in [0.2, 0.25) is 0 Å². The summed E-state index contributed by atoms with van der Waals surface area (Å²) in [5, 5.41) is 19.3. The van der Waals surface area contributed by atoms with Crippen LogP contribution < -0.4 is 0 Å². The molecule has 5 nitrogen and oxygen atoms in total. The summed E-state index contributed by atoms with van der Waals surface area (Å²) in [6, 6.07) is 11.4. The third kappa shape index (κ3) is 3.10. The van der Waals surface area contributed by atoms with E-state index in [1.165, 1.54) is 0 Å². The number of carboxylic acid groups (broad SMARTS) is 2. The molecule has 2 aromatic carbocycles. The van der Waals surface area contributed by atoms with Gasteiger partial charge in [-0.15, -0.1) is 0 Å². The second-order valence-corrected chi connectivity index (χ2v) is 7.47. The molecule has 0 aliphatic heterocycles. The highest BCUT2D eigenvalue weighted by molar-refractivity contribution is 6.04. The lowest BCUT2D eigenvalue weighted by atomic mass is 9.86. The summed E-state index contributed by atoms with van der Waals surface area (Å²) >= 11 is 0. The zero-order valence-corrected chi connectivity index (χ0v) is 15.1. The van der Waals surface area contributed by atoms with E-state index in [-0.39, 0.29) is 16.5 Å². The van der Waals surface area contributed by atoms with Crippen molar-refractivity contribution in [1.29, 1.82) is 0 Å². The molecule has 1 unspecified atom stereocenters. The molecular formula is C21H22O5. The normalized spacial score (nSPS) is 17.7. The minimum Gasteiger partial charge on any atom is -0.478 e. The van der Waals surface area contributed by atoms with Gasteiger partial charge in [-0.1, -0.05) is 50.2 Å². The Bertz CT molecular complexity index is 868. The van der Waals surface area contributed by atoms with Crippen LogP contribution in [0.1, 0.15) is 62.9 Å². The van der Waals surface area contributed by atoms with Crippen molar-refractivity contribution in [3.05, 3.63) is 69.8 Å². The number of aromatic carboxylic acids is 2. The van der Waals surface area contributed by atoms with Gasteiger partial charge in [0.05, 0.1) is 23.8 Å². The Kier molecular flexibility index (Phi) is 4.59. The molecule has 1 aliphatic carbocycles. The van der Waals surface area contributed by atoms with E-state index in [1.54, 1.807) is 13.0 Å². The van der Waals surface area contributed by atoms with E-state index in [4.69, 9.17) is 4.74 Å². The van der Waals surface area contributed by atoms with Crippen LogP contribution in [0.4, 0.5) is 0 Å². The molecule has 2 N–H and O–H groups in total. The SMILES string of the molecule is Cc1cc2c(c(C(=O)O)c1C(=O)O)C(OCc1ccccc1)C(C)(C)C2. The van der Waals surface area contributed by atoms with Gasteiger partial charge >= 0.3 is 11.9 Å². The number of carboxylic acids is 2. The van der Waals surface area contributed by atoms with Crippen molar-refractivity contribution in [2.45, 2.75) is 39.9 Å². The number of hydrogen-bond donors (Lipinski definition) is 2. The van der Waals surface area contributed by atoms with Gasteiger partial charge in [-0.25, -0.2) is 9.59 Å². The summed E-state index contributed by atoms with van der Waals surface area (Å²) in [5.74, 6) is -2.46. The first-order valence-corrected chi connectivity index (χ1v) is 8.51. The van der Waals surface area contributed by atoms with Crippen molar-refractivity contribution in [2.75, 3.05) is 0 Å². The van der Waals surface area contributed by atoms with Gasteiger partial charge in [-0.05, 0) is 41.0 Å². The van der Waals surface area contributed by atoms with Crippen LogP contribution in [-0.2, 0) is 17.8 Å². The lowest BCUT2D eigenvalue weighted by Crippen LogP contribution is -2.22. The molecule has 136 valence electrons. The Morgan fingerprint density at radius 3 is 2.31 bits per heavy atom. The van der Waals surface area contributed by atoms with Crippen LogP contribution in [0.5, 0.6) is 0 Å². The van der Waals surface area contributed by atoms with E-state index in [0.29, 0.717) is 24.2 Å². The number of rotatable bonds is 5. The van der Waals surface area contributed by atoms with E-state index < -0.39 is 18.0 Å². The van der Waals surface area contributed by atoms with E-state index in [1.807, 2.05) is 44.2 Å². The first kappa shape index (κ1) is 18.1. The van der Waals surface area contributed by atoms with Crippen molar-refractivity contribution >= 4 is 11.9 Å². The quantitative estimate of drug-likeness (QED) is 0.839. The van der Waals surface area contributed by atoms with E-state index in [0.717, 1.165) is 11.1 Å². The summed E-state index contributed by atoms with van der Waals surface area (Å²) in [6.07, 6.45) is 0.158. The number of ether oxygens (including phenoxy) is 1. The topological polar surface area (TPSA) is 83.8 Å². The molecule has 0 saturated carbocycles. The molecule has 0 fully saturated rings. The summed E-state index contributed by atoms with van der Waals surface area (Å²) in [4.78, 5) is 23.6. The van der Waals surface area contributed by atoms with Gasteiger partial charge in [-0.2, -0.15) is 0 Å². The van der Waals surface area contributed by atoms with Gasteiger partial charge in [0.15, 0.2) is 0 Å². The standard InChI is InChI=1S/C21H22O5/c1-12-9-14-10-21(2,3)18(26-11-13-7-5-4-6-8-13)16(14)17(20(24)25)15(12)19(22)23/h4-9,18H,10-11H2,1-3H3,(H,22,23)(H,24,25). The fraction of sp³-hybridized carbons (Fsp3) is 0.333. The minimum absolute atomic E-state index is 0.142. The second-order valence-electron chi connectivity index (χ2n) is 7.47. The van der Waals surface area contributed by atoms with Crippen molar-refractivity contribution in [3.63, 3.8) is 0 Å². The number of benzene rings is 2. The molecule has 0 radical (unpaired) electrons. The maximum absolute atomic E-state index is 12.0. The average Bonchev–Trinajstić information content (AvgIpc) is 2.81. The molecule has 1 aliphatic rings. The largest absolute Gasteiger partial charge is 0.478 e. The minimum atomic E-state index is -1.23. The van der Waals surface area contributed by atoms with E-state index in [9.17, 15) is 19.8 Å². The Morgan fingerprint density at radius 1 is 1.12 bits per heavy atom. The number of hydrogen-bond acceptors (Lipinski definition) is 3. The summed E-state index contributed by atoms with van der Waals surface area (Å²) in [6.45, 7) is 6.01. The predicted molar refractivity (Wildman–Crippen MR) is 96.6 cm³/mol. The highest BCUT2D eigenvalue weighted by Crippen LogP contribution is 2.50. The fourth-order valence-corrected chi connectivity index (χ4v) is 3.88. The van der Waals surface area contributed by atoms with Crippen molar-refractivity contribution in [1.82, 2.24) is 0 Å². The van der Waals surface area contributed by atoms with Crippen molar-refractivity contribution in [2.24, 2.45) is 5.41 Å². The molecule has 0 spiro atoms. The highest BCUT2D eigenvalue weighted by atomic mass is 16.5. The summed E-state index contributed by atoms with van der Waals surface area (Å²) < 4.78 is 6.14. The Balaban J connectivity index is 2.09. The molecule has 0 aromatic heterocycles. The molecular weight excluding hydrogens is 332 g/mol. The van der Waals surface area contributed by atoms with Crippen LogP contribution in [0.25, 0.3) is 0 Å². The van der Waals surface area contributed by atoms with Crippen LogP contribution in [0.2, 0.25) is 0 Å². The molecule has 0 saturated heterocycles. The zero-order chi connectivity index (χ0) is 19.1. The van der Waals surface area contributed by atoms with Crippen LogP contribution in [0.3, 0.4) is 0 Å². The number of carbonyl (C=O) groups is 2. The van der Waals surface area contributed by atoms with Crippen molar-refractivity contribution in [3.8, 4) is 0 Å². The van der Waals surface area contributed by atoms with Crippen LogP contribution >= 0.6 is 0 Å². The molecule has 2 aromatic rings. The van der Waals surface area contributed by atoms with Gasteiger partial charge in [0, 0.05) is 0 Å². The summed E-state index contributed by atoms with van der Waals surface area (Å²) in [7, 11) is 0. The first-order chi connectivity index (χ1) is 12.2. The smallest absolute Gasteiger partial charge is 0.336 e. The Labute approximate surface area is 152 Å². The molecule has 0 amide bonds. The van der Waals surface area contributed by atoms with E-state index >= 15 is 0 Å². The lowest BCUT2D eigenvalue weighted by molar-refractivity contribution is -0.0274. The van der Waals surface area contributed by atoms with Gasteiger partial charge in [-0.3, -0.25) is 0 Å². The van der Waals surface area contributed by atoms with Gasteiger partial charge < -0.3 is 14.9 Å². The molecule has 0 bridgehead atoms. The number of fused-ring (bicyclic) bond motifs is 1. The molecule has 1 atom stereocenters. The van der Waals surface area contributed by atoms with E-state index in [2.05, 4.69) is 0 Å². The Hall–Kier alpha value is -2.66. The van der Waals surface area contributed by atoms with Crippen LogP contribution in [0, 0.1) is 12.3 Å². The van der Waals surface area contributed by atoms with Crippen molar-refractivity contribution < 1.29 is 24.5 Å². The van der Waals surface area contributed by atoms with Gasteiger partial charge in [0.1, 0.15) is 0 Å². The highest BCUT2D eigenvalue weighted by Gasteiger charge is 2.44. The third-order valence-electron chi connectivity index (χ3n) is 4.96.